The third-order valence-corrected chi connectivity index (χ3v) is 5.92. The highest BCUT2D eigenvalue weighted by atomic mass is 32.2. The normalized spacial score (nSPS) is 33.2. The molecule has 0 amide bonds. The number of hydrogen-bond donors (Lipinski definition) is 1. The molecule has 1 heterocycles. The molecule has 1 saturated carbocycles. The van der Waals surface area contributed by atoms with E-state index >= 15 is 0 Å². The highest BCUT2D eigenvalue weighted by molar-refractivity contribution is 7.98. The molecule has 2 aliphatic rings. The summed E-state index contributed by atoms with van der Waals surface area (Å²) in [6.45, 7) is 3.56. The Bertz CT molecular complexity index is 259. The van der Waals surface area contributed by atoms with E-state index < -0.39 is 0 Å². The first-order chi connectivity index (χ1) is 9.24. The summed E-state index contributed by atoms with van der Waals surface area (Å²) in [5.41, 5.74) is 0. The van der Waals surface area contributed by atoms with Gasteiger partial charge in [0.05, 0.1) is 0 Å². The van der Waals surface area contributed by atoms with Gasteiger partial charge in [-0.2, -0.15) is 11.8 Å². The van der Waals surface area contributed by atoms with E-state index in [0.29, 0.717) is 0 Å². The maximum Gasteiger partial charge on any atom is 0.0197 e. The molecular formula is C16H32N2S. The monoisotopic (exact) mass is 284 g/mol. The largest absolute Gasteiger partial charge is 0.310 e. The number of fused-ring (bicyclic) bond motifs is 1. The zero-order chi connectivity index (χ0) is 13.7. The van der Waals surface area contributed by atoms with Crippen molar-refractivity contribution in [3.63, 3.8) is 0 Å². The average molecular weight is 285 g/mol. The lowest BCUT2D eigenvalue weighted by atomic mass is 9.77. The molecule has 1 N–H and O–H groups in total. The van der Waals surface area contributed by atoms with Gasteiger partial charge in [0.2, 0.25) is 0 Å². The molecule has 0 radical (unpaired) electrons. The summed E-state index contributed by atoms with van der Waals surface area (Å²) >= 11 is 1.98. The van der Waals surface area contributed by atoms with Gasteiger partial charge in [0.15, 0.2) is 0 Å². The Kier molecular flexibility index (Phi) is 6.51. The van der Waals surface area contributed by atoms with Gasteiger partial charge in [0, 0.05) is 30.4 Å². The fourth-order valence-corrected chi connectivity index (χ4v) is 4.84. The Morgan fingerprint density at radius 1 is 1.21 bits per heavy atom. The van der Waals surface area contributed by atoms with Crippen LogP contribution in [0.2, 0.25) is 0 Å². The van der Waals surface area contributed by atoms with Crippen LogP contribution in [-0.4, -0.2) is 48.6 Å². The van der Waals surface area contributed by atoms with Crippen LogP contribution in [0.1, 0.15) is 51.9 Å². The molecule has 0 bridgehead atoms. The van der Waals surface area contributed by atoms with Crippen LogP contribution in [0, 0.1) is 5.92 Å². The number of piperidine rings is 1. The van der Waals surface area contributed by atoms with Gasteiger partial charge in [-0.3, -0.25) is 0 Å². The van der Waals surface area contributed by atoms with Crippen LogP contribution in [-0.2, 0) is 0 Å². The van der Waals surface area contributed by atoms with Crippen LogP contribution in [0.5, 0.6) is 0 Å². The average Bonchev–Trinajstić information content (AvgIpc) is 2.44. The van der Waals surface area contributed by atoms with E-state index in [-0.39, 0.29) is 0 Å². The van der Waals surface area contributed by atoms with Gasteiger partial charge >= 0.3 is 0 Å². The molecular weight excluding hydrogens is 252 g/mol. The van der Waals surface area contributed by atoms with Crippen molar-refractivity contribution in [3.05, 3.63) is 0 Å². The molecule has 0 aromatic rings. The molecule has 2 rings (SSSR count). The second-order valence-corrected chi connectivity index (χ2v) is 7.46. The Labute approximate surface area is 124 Å². The molecule has 0 aromatic heterocycles. The van der Waals surface area contributed by atoms with Crippen LogP contribution in [0.15, 0.2) is 0 Å². The predicted octanol–water partition coefficient (Wildman–Crippen LogP) is 3.37. The molecule has 1 aliphatic carbocycles. The van der Waals surface area contributed by atoms with Crippen LogP contribution >= 0.6 is 11.8 Å². The lowest BCUT2D eigenvalue weighted by Crippen LogP contribution is -2.53. The Morgan fingerprint density at radius 2 is 2.00 bits per heavy atom. The molecule has 112 valence electrons. The van der Waals surface area contributed by atoms with E-state index in [2.05, 4.69) is 30.4 Å². The van der Waals surface area contributed by atoms with Crippen molar-refractivity contribution in [1.29, 1.82) is 0 Å². The Morgan fingerprint density at radius 3 is 2.74 bits per heavy atom. The highest BCUT2D eigenvalue weighted by Gasteiger charge is 2.32. The molecule has 0 spiro atoms. The lowest BCUT2D eigenvalue weighted by Gasteiger charge is -2.42. The summed E-state index contributed by atoms with van der Waals surface area (Å²) in [5, 5.41) is 3.96. The minimum Gasteiger partial charge on any atom is -0.310 e. The van der Waals surface area contributed by atoms with Gasteiger partial charge in [-0.05, 0) is 51.3 Å². The van der Waals surface area contributed by atoms with Crippen molar-refractivity contribution in [1.82, 2.24) is 10.2 Å². The predicted molar refractivity (Wildman–Crippen MR) is 87.0 cm³/mol. The number of thioether (sulfide) groups is 1. The smallest absolute Gasteiger partial charge is 0.0197 e. The third-order valence-electron chi connectivity index (χ3n) is 5.21. The van der Waals surface area contributed by atoms with Crippen molar-refractivity contribution in [2.24, 2.45) is 5.92 Å². The Hall–Kier alpha value is 0.270. The van der Waals surface area contributed by atoms with Crippen LogP contribution in [0.3, 0.4) is 0 Å². The summed E-state index contributed by atoms with van der Waals surface area (Å²) in [6, 6.07) is 2.32. The molecule has 1 saturated heterocycles. The zero-order valence-electron chi connectivity index (χ0n) is 13.0. The SMILES string of the molecule is CCC(CSC)N(C)CC1CCC2CCCCC2N1. The van der Waals surface area contributed by atoms with Gasteiger partial charge in [-0.25, -0.2) is 0 Å². The molecule has 4 unspecified atom stereocenters. The van der Waals surface area contributed by atoms with E-state index in [0.717, 1.165) is 24.0 Å². The van der Waals surface area contributed by atoms with E-state index in [4.69, 9.17) is 0 Å². The molecule has 2 fully saturated rings. The molecule has 2 nitrogen and oxygen atoms in total. The van der Waals surface area contributed by atoms with Crippen molar-refractivity contribution in [2.75, 3.05) is 25.6 Å². The van der Waals surface area contributed by atoms with Gasteiger partial charge in [-0.1, -0.05) is 19.8 Å². The van der Waals surface area contributed by atoms with Crippen molar-refractivity contribution in [3.8, 4) is 0 Å². The lowest BCUT2D eigenvalue weighted by molar-refractivity contribution is 0.140. The molecule has 19 heavy (non-hydrogen) atoms. The number of likely N-dealkylation sites (N-methyl/N-ethyl adjacent to an activating group) is 1. The fraction of sp³-hybridized carbons (Fsp3) is 1.00. The standard InChI is InChI=1S/C16H32N2S/c1-4-15(12-19-3)18(2)11-14-10-9-13-7-5-6-8-16(13)17-14/h13-17H,4-12H2,1-3H3. The Balaban J connectivity index is 1.79. The van der Waals surface area contributed by atoms with Gasteiger partial charge < -0.3 is 10.2 Å². The first-order valence-electron chi connectivity index (χ1n) is 8.19. The second kappa shape index (κ2) is 7.90. The van der Waals surface area contributed by atoms with Gasteiger partial charge in [0.25, 0.3) is 0 Å². The second-order valence-electron chi connectivity index (χ2n) is 6.55. The maximum absolute atomic E-state index is 3.96. The zero-order valence-corrected chi connectivity index (χ0v) is 13.8. The van der Waals surface area contributed by atoms with Gasteiger partial charge in [-0.15, -0.1) is 0 Å². The summed E-state index contributed by atoms with van der Waals surface area (Å²) in [4.78, 5) is 2.59. The number of nitrogens with one attached hydrogen (secondary N) is 1. The van der Waals surface area contributed by atoms with Crippen LogP contribution in [0.4, 0.5) is 0 Å². The maximum atomic E-state index is 3.96. The third kappa shape index (κ3) is 4.37. The first kappa shape index (κ1) is 15.7. The fourth-order valence-electron chi connectivity index (χ4n) is 3.96. The van der Waals surface area contributed by atoms with E-state index in [1.165, 1.54) is 57.2 Å². The minimum absolute atomic E-state index is 0.736. The van der Waals surface area contributed by atoms with E-state index in [9.17, 15) is 0 Å². The van der Waals surface area contributed by atoms with E-state index in [1.54, 1.807) is 0 Å². The van der Waals surface area contributed by atoms with Crippen LogP contribution in [0.25, 0.3) is 0 Å². The summed E-state index contributed by atoms with van der Waals surface area (Å²) in [6.07, 6.45) is 12.2. The van der Waals surface area contributed by atoms with Gasteiger partial charge in [0.1, 0.15) is 0 Å². The molecule has 3 heteroatoms. The van der Waals surface area contributed by atoms with Crippen molar-refractivity contribution in [2.45, 2.75) is 70.0 Å². The number of hydrogen-bond acceptors (Lipinski definition) is 3. The summed E-state index contributed by atoms with van der Waals surface area (Å²) in [5.74, 6) is 2.26. The topological polar surface area (TPSA) is 15.3 Å². The first-order valence-corrected chi connectivity index (χ1v) is 9.59. The molecule has 1 aliphatic heterocycles. The molecule has 4 atom stereocenters. The van der Waals surface area contributed by atoms with Crippen molar-refractivity contribution >= 4 is 11.8 Å². The minimum atomic E-state index is 0.736. The van der Waals surface area contributed by atoms with Crippen LogP contribution < -0.4 is 5.32 Å². The highest BCUT2D eigenvalue weighted by Crippen LogP contribution is 2.32. The van der Waals surface area contributed by atoms with E-state index in [1.807, 2.05) is 11.8 Å². The summed E-state index contributed by atoms with van der Waals surface area (Å²) < 4.78 is 0. The summed E-state index contributed by atoms with van der Waals surface area (Å²) in [7, 11) is 2.32. The number of rotatable bonds is 6. The number of nitrogens with zero attached hydrogens (tertiary/aromatic N) is 1. The quantitative estimate of drug-likeness (QED) is 0.805. The van der Waals surface area contributed by atoms with Crippen molar-refractivity contribution < 1.29 is 0 Å². The molecule has 0 aromatic carbocycles.